The molecule has 1 aliphatic rings. The molecule has 5 nitrogen and oxygen atoms in total. The van der Waals surface area contributed by atoms with Crippen molar-refractivity contribution in [1.82, 2.24) is 9.88 Å². The number of piperidine rings is 1. The molecule has 1 aliphatic heterocycles. The van der Waals surface area contributed by atoms with Crippen molar-refractivity contribution in [2.75, 3.05) is 13.1 Å². The Morgan fingerprint density at radius 1 is 1.48 bits per heavy atom. The van der Waals surface area contributed by atoms with Gasteiger partial charge in [0.25, 0.3) is 0 Å². The van der Waals surface area contributed by atoms with Gasteiger partial charge in [-0.15, -0.1) is 0 Å². The number of nitrogens with zero attached hydrogens (tertiary/aromatic N) is 3. The predicted molar refractivity (Wildman–Crippen MR) is 86.2 cm³/mol. The maximum absolute atomic E-state index is 13.2. The fraction of sp³-hybridized carbons (Fsp3) is 0.562. The highest BCUT2D eigenvalue weighted by molar-refractivity contribution is 9.10. The summed E-state index contributed by atoms with van der Waals surface area (Å²) in [7, 11) is 0. The Labute approximate surface area is 143 Å². The number of carbonyl (C=O) groups excluding carboxylic acids is 1. The molecule has 1 aromatic rings. The Kier molecular flexibility index (Phi) is 4.95. The fourth-order valence-corrected chi connectivity index (χ4v) is 3.27. The van der Waals surface area contributed by atoms with E-state index in [2.05, 4.69) is 27.0 Å². The second-order valence-corrected chi connectivity index (χ2v) is 7.50. The summed E-state index contributed by atoms with van der Waals surface area (Å²) in [4.78, 5) is 17.8. The SMILES string of the molecule is CC(C)(C)OC(=O)N1CCC(C#N)(c2ncc(F)cc2Br)CC1. The van der Waals surface area contributed by atoms with Gasteiger partial charge in [0.2, 0.25) is 0 Å². The Hall–Kier alpha value is -1.68. The summed E-state index contributed by atoms with van der Waals surface area (Å²) < 4.78 is 19.1. The number of pyridine rings is 1. The van der Waals surface area contributed by atoms with E-state index in [1.54, 1.807) is 4.90 Å². The summed E-state index contributed by atoms with van der Waals surface area (Å²) >= 11 is 3.28. The molecule has 2 heterocycles. The predicted octanol–water partition coefficient (Wildman–Crippen LogP) is 3.78. The van der Waals surface area contributed by atoms with Crippen LogP contribution in [0.3, 0.4) is 0 Å². The molecule has 0 saturated carbocycles. The molecule has 124 valence electrons. The molecular formula is C16H19BrFN3O2. The van der Waals surface area contributed by atoms with Crippen molar-refractivity contribution < 1.29 is 13.9 Å². The van der Waals surface area contributed by atoms with E-state index in [1.165, 1.54) is 6.07 Å². The summed E-state index contributed by atoms with van der Waals surface area (Å²) in [6.45, 7) is 6.23. The van der Waals surface area contributed by atoms with Crippen LogP contribution in [0.1, 0.15) is 39.3 Å². The van der Waals surface area contributed by atoms with Gasteiger partial charge in [0.05, 0.1) is 18.0 Å². The number of hydrogen-bond acceptors (Lipinski definition) is 4. The Morgan fingerprint density at radius 3 is 2.57 bits per heavy atom. The van der Waals surface area contributed by atoms with Crippen LogP contribution in [0.2, 0.25) is 0 Å². The molecule has 1 aromatic heterocycles. The van der Waals surface area contributed by atoms with E-state index in [0.29, 0.717) is 36.1 Å². The zero-order valence-corrected chi connectivity index (χ0v) is 15.0. The molecule has 0 spiro atoms. The van der Waals surface area contributed by atoms with Crippen LogP contribution in [-0.2, 0) is 10.2 Å². The first-order valence-electron chi connectivity index (χ1n) is 7.37. The highest BCUT2D eigenvalue weighted by Crippen LogP contribution is 2.38. The minimum atomic E-state index is -0.828. The summed E-state index contributed by atoms with van der Waals surface area (Å²) in [5.74, 6) is -0.458. The van der Waals surface area contributed by atoms with Gasteiger partial charge in [0.15, 0.2) is 0 Å². The molecule has 7 heteroatoms. The van der Waals surface area contributed by atoms with Gasteiger partial charge in [0, 0.05) is 17.6 Å². The molecule has 0 atom stereocenters. The van der Waals surface area contributed by atoms with Crippen molar-refractivity contribution in [1.29, 1.82) is 5.26 Å². The second kappa shape index (κ2) is 6.44. The molecule has 1 amide bonds. The van der Waals surface area contributed by atoms with E-state index >= 15 is 0 Å². The molecule has 0 unspecified atom stereocenters. The summed E-state index contributed by atoms with van der Waals surface area (Å²) in [6, 6.07) is 3.62. The Morgan fingerprint density at radius 2 is 2.09 bits per heavy atom. The van der Waals surface area contributed by atoms with E-state index < -0.39 is 16.8 Å². The lowest BCUT2D eigenvalue weighted by Crippen LogP contribution is -2.46. The van der Waals surface area contributed by atoms with Gasteiger partial charge in [-0.05, 0) is 55.6 Å². The lowest BCUT2D eigenvalue weighted by molar-refractivity contribution is 0.0183. The lowest BCUT2D eigenvalue weighted by atomic mass is 9.76. The van der Waals surface area contributed by atoms with E-state index in [4.69, 9.17) is 4.74 Å². The number of rotatable bonds is 1. The number of nitriles is 1. The van der Waals surface area contributed by atoms with Gasteiger partial charge in [0.1, 0.15) is 16.8 Å². The molecule has 23 heavy (non-hydrogen) atoms. The van der Waals surface area contributed by atoms with Crippen LogP contribution in [0.5, 0.6) is 0 Å². The molecule has 0 radical (unpaired) electrons. The smallest absolute Gasteiger partial charge is 0.410 e. The van der Waals surface area contributed by atoms with Crippen molar-refractivity contribution in [2.45, 2.75) is 44.6 Å². The zero-order valence-electron chi connectivity index (χ0n) is 13.4. The number of aromatic nitrogens is 1. The minimum absolute atomic E-state index is 0.379. The lowest BCUT2D eigenvalue weighted by Gasteiger charge is -2.37. The van der Waals surface area contributed by atoms with Crippen LogP contribution in [0.15, 0.2) is 16.7 Å². The van der Waals surface area contributed by atoms with E-state index in [9.17, 15) is 14.4 Å². The Balaban J connectivity index is 2.14. The quantitative estimate of drug-likeness (QED) is 0.739. The number of halogens is 2. The summed E-state index contributed by atoms with van der Waals surface area (Å²) in [6.07, 6.45) is 1.59. The van der Waals surface area contributed by atoms with Crippen molar-refractivity contribution in [3.05, 3.63) is 28.2 Å². The topological polar surface area (TPSA) is 66.2 Å². The van der Waals surface area contributed by atoms with E-state index in [1.807, 2.05) is 20.8 Å². The van der Waals surface area contributed by atoms with Gasteiger partial charge in [-0.2, -0.15) is 5.26 Å². The molecule has 0 aromatic carbocycles. The largest absolute Gasteiger partial charge is 0.444 e. The zero-order chi connectivity index (χ0) is 17.3. The highest BCUT2D eigenvalue weighted by Gasteiger charge is 2.41. The van der Waals surface area contributed by atoms with Gasteiger partial charge < -0.3 is 9.64 Å². The van der Waals surface area contributed by atoms with Crippen molar-refractivity contribution in [3.63, 3.8) is 0 Å². The minimum Gasteiger partial charge on any atom is -0.444 e. The molecular weight excluding hydrogens is 365 g/mol. The normalized spacial score (nSPS) is 17.5. The summed E-state index contributed by atoms with van der Waals surface area (Å²) in [5.41, 5.74) is -0.863. The van der Waals surface area contributed by atoms with E-state index in [0.717, 1.165) is 6.20 Å². The second-order valence-electron chi connectivity index (χ2n) is 6.65. The molecule has 1 fully saturated rings. The number of likely N-dealkylation sites (tertiary alicyclic amines) is 1. The Bertz CT molecular complexity index is 644. The summed E-state index contributed by atoms with van der Waals surface area (Å²) in [5, 5.41) is 9.66. The standard InChI is InChI=1S/C16H19BrFN3O2/c1-15(2,3)23-14(22)21-6-4-16(10-19,5-7-21)13-12(17)8-11(18)9-20-13/h8-9H,4-7H2,1-3H3. The first-order chi connectivity index (χ1) is 10.7. The number of ether oxygens (including phenoxy) is 1. The number of carbonyl (C=O) groups is 1. The first-order valence-corrected chi connectivity index (χ1v) is 8.17. The molecule has 2 rings (SSSR count). The molecule has 0 bridgehead atoms. The van der Waals surface area contributed by atoms with Crippen LogP contribution >= 0.6 is 15.9 Å². The third-order valence-electron chi connectivity index (χ3n) is 3.74. The monoisotopic (exact) mass is 383 g/mol. The third kappa shape index (κ3) is 3.99. The number of amides is 1. The maximum Gasteiger partial charge on any atom is 0.410 e. The maximum atomic E-state index is 13.2. The molecule has 0 aliphatic carbocycles. The van der Waals surface area contributed by atoms with Crippen molar-refractivity contribution in [3.8, 4) is 6.07 Å². The van der Waals surface area contributed by atoms with Crippen LogP contribution < -0.4 is 0 Å². The van der Waals surface area contributed by atoms with Gasteiger partial charge in [-0.1, -0.05) is 0 Å². The number of hydrogen-bond donors (Lipinski definition) is 0. The van der Waals surface area contributed by atoms with Crippen LogP contribution in [-0.4, -0.2) is 34.7 Å². The van der Waals surface area contributed by atoms with Crippen molar-refractivity contribution >= 4 is 22.0 Å². The molecule has 1 saturated heterocycles. The van der Waals surface area contributed by atoms with Crippen LogP contribution in [0.25, 0.3) is 0 Å². The van der Waals surface area contributed by atoms with Crippen LogP contribution in [0.4, 0.5) is 9.18 Å². The van der Waals surface area contributed by atoms with E-state index in [-0.39, 0.29) is 6.09 Å². The van der Waals surface area contributed by atoms with Gasteiger partial charge in [-0.25, -0.2) is 9.18 Å². The van der Waals surface area contributed by atoms with Gasteiger partial charge >= 0.3 is 6.09 Å². The average molecular weight is 384 g/mol. The van der Waals surface area contributed by atoms with Crippen LogP contribution in [0, 0.1) is 17.1 Å². The first kappa shape index (κ1) is 17.7. The molecule has 0 N–H and O–H groups in total. The van der Waals surface area contributed by atoms with Gasteiger partial charge in [-0.3, -0.25) is 4.98 Å². The third-order valence-corrected chi connectivity index (χ3v) is 4.35. The van der Waals surface area contributed by atoms with Crippen molar-refractivity contribution in [2.24, 2.45) is 0 Å². The highest BCUT2D eigenvalue weighted by atomic mass is 79.9. The fourth-order valence-electron chi connectivity index (χ4n) is 2.57. The average Bonchev–Trinajstić information content (AvgIpc) is 2.45.